The Bertz CT molecular complexity index is 834. The molecule has 2 rings (SSSR count). The van der Waals surface area contributed by atoms with Crippen LogP contribution >= 0.6 is 15.9 Å². The van der Waals surface area contributed by atoms with E-state index in [1.807, 2.05) is 31.2 Å². The molecule has 0 aliphatic heterocycles. The molecule has 0 bridgehead atoms. The molecule has 6 heteroatoms. The average Bonchev–Trinajstić information content (AvgIpc) is 2.54. The molecule has 0 fully saturated rings. The summed E-state index contributed by atoms with van der Waals surface area (Å²) in [6, 6.07) is 13.7. The number of sulfone groups is 1. The lowest BCUT2D eigenvalue weighted by molar-refractivity contribution is 0.0936. The van der Waals surface area contributed by atoms with Gasteiger partial charge in [0, 0.05) is 4.47 Å². The van der Waals surface area contributed by atoms with Crippen LogP contribution in [0.3, 0.4) is 0 Å². The fraction of sp³-hybridized carbons (Fsp3) is 0.278. The molecule has 1 N–H and O–H groups in total. The Morgan fingerprint density at radius 3 is 2.54 bits per heavy atom. The summed E-state index contributed by atoms with van der Waals surface area (Å²) in [5.74, 6) is -0.365. The lowest BCUT2D eigenvalue weighted by Crippen LogP contribution is -2.28. The number of carbonyl (C=O) groups is 1. The van der Waals surface area contributed by atoms with Crippen LogP contribution in [0.4, 0.5) is 0 Å². The Balaban J connectivity index is 2.28. The largest absolute Gasteiger partial charge is 0.345 e. The molecule has 1 atom stereocenters. The summed E-state index contributed by atoms with van der Waals surface area (Å²) in [5.41, 5.74) is 1.12. The number of hydrogen-bond donors (Lipinski definition) is 1. The zero-order valence-electron chi connectivity index (χ0n) is 13.6. The first kappa shape index (κ1) is 18.7. The summed E-state index contributed by atoms with van der Waals surface area (Å²) in [4.78, 5) is 12.7. The van der Waals surface area contributed by atoms with Crippen LogP contribution in [0.15, 0.2) is 57.9 Å². The smallest absolute Gasteiger partial charge is 0.253 e. The third-order valence-corrected chi connectivity index (χ3v) is 6.10. The lowest BCUT2D eigenvalue weighted by atomic mass is 10.1. The van der Waals surface area contributed by atoms with Crippen molar-refractivity contribution in [1.82, 2.24) is 5.32 Å². The van der Waals surface area contributed by atoms with E-state index in [9.17, 15) is 13.2 Å². The Kier molecular flexibility index (Phi) is 6.18. The van der Waals surface area contributed by atoms with Crippen LogP contribution in [0.5, 0.6) is 0 Å². The molecule has 0 heterocycles. The quantitative estimate of drug-likeness (QED) is 0.779. The summed E-state index contributed by atoms with van der Waals surface area (Å²) in [6.45, 7) is 3.67. The fourth-order valence-corrected chi connectivity index (χ4v) is 4.39. The highest BCUT2D eigenvalue weighted by molar-refractivity contribution is 9.10. The third-order valence-electron chi connectivity index (χ3n) is 3.64. The molecule has 0 radical (unpaired) electrons. The molecule has 2 aromatic rings. The van der Waals surface area contributed by atoms with E-state index in [0.717, 1.165) is 10.0 Å². The minimum atomic E-state index is -3.46. The molecule has 0 unspecified atom stereocenters. The van der Waals surface area contributed by atoms with E-state index in [0.29, 0.717) is 6.42 Å². The van der Waals surface area contributed by atoms with Crippen LogP contribution in [-0.2, 0) is 9.84 Å². The van der Waals surface area contributed by atoms with Crippen molar-refractivity contribution >= 4 is 31.7 Å². The second kappa shape index (κ2) is 7.94. The number of amides is 1. The minimum absolute atomic E-state index is 0.0263. The van der Waals surface area contributed by atoms with Gasteiger partial charge in [-0.15, -0.1) is 0 Å². The molecule has 0 aliphatic carbocycles. The van der Waals surface area contributed by atoms with Gasteiger partial charge < -0.3 is 5.32 Å². The summed E-state index contributed by atoms with van der Waals surface area (Å²) in [6.07, 6.45) is 0.507. The first-order valence-electron chi connectivity index (χ1n) is 7.73. The van der Waals surface area contributed by atoms with Crippen LogP contribution < -0.4 is 5.32 Å². The van der Waals surface area contributed by atoms with E-state index in [2.05, 4.69) is 21.2 Å². The van der Waals surface area contributed by atoms with E-state index in [1.54, 1.807) is 25.1 Å². The molecule has 128 valence electrons. The van der Waals surface area contributed by atoms with Crippen LogP contribution in [0.2, 0.25) is 0 Å². The second-order valence-corrected chi connectivity index (χ2v) is 8.56. The van der Waals surface area contributed by atoms with Crippen LogP contribution in [-0.4, -0.2) is 20.1 Å². The first-order chi connectivity index (χ1) is 11.3. The average molecular weight is 410 g/mol. The third kappa shape index (κ3) is 4.45. The van der Waals surface area contributed by atoms with Crippen molar-refractivity contribution in [3.05, 3.63) is 64.1 Å². The topological polar surface area (TPSA) is 63.2 Å². The molecule has 0 aliphatic rings. The number of carbonyl (C=O) groups excluding carboxylic acids is 1. The Labute approximate surface area is 151 Å². The van der Waals surface area contributed by atoms with Crippen molar-refractivity contribution in [1.29, 1.82) is 0 Å². The molecule has 1 amide bonds. The minimum Gasteiger partial charge on any atom is -0.345 e. The van der Waals surface area contributed by atoms with Gasteiger partial charge in [-0.3, -0.25) is 4.79 Å². The first-order valence-corrected chi connectivity index (χ1v) is 10.2. The molecule has 2 aromatic carbocycles. The molecule has 24 heavy (non-hydrogen) atoms. The zero-order valence-corrected chi connectivity index (χ0v) is 16.0. The number of hydrogen-bond acceptors (Lipinski definition) is 3. The van der Waals surface area contributed by atoms with E-state index in [4.69, 9.17) is 0 Å². The highest BCUT2D eigenvalue weighted by Gasteiger charge is 2.22. The highest BCUT2D eigenvalue weighted by atomic mass is 79.9. The van der Waals surface area contributed by atoms with Crippen LogP contribution in [0.25, 0.3) is 0 Å². The summed E-state index contributed by atoms with van der Waals surface area (Å²) >= 11 is 3.40. The number of rotatable bonds is 6. The predicted molar refractivity (Wildman–Crippen MR) is 98.8 cm³/mol. The summed E-state index contributed by atoms with van der Waals surface area (Å²) in [7, 11) is -3.46. The highest BCUT2D eigenvalue weighted by Crippen LogP contribution is 2.21. The van der Waals surface area contributed by atoms with Gasteiger partial charge in [-0.1, -0.05) is 47.1 Å². The molecule has 0 spiro atoms. The van der Waals surface area contributed by atoms with Gasteiger partial charge in [-0.25, -0.2) is 8.42 Å². The normalized spacial score (nSPS) is 12.6. The van der Waals surface area contributed by atoms with Crippen molar-refractivity contribution in [2.24, 2.45) is 0 Å². The maximum atomic E-state index is 12.6. The van der Waals surface area contributed by atoms with E-state index >= 15 is 0 Å². The SMILES string of the molecule is CCCS(=O)(=O)c1ccccc1C(=O)N[C@H](C)c1cccc(Br)c1. The molecular weight excluding hydrogens is 390 g/mol. The summed E-state index contributed by atoms with van der Waals surface area (Å²) < 4.78 is 25.7. The number of benzene rings is 2. The zero-order chi connectivity index (χ0) is 17.7. The van der Waals surface area contributed by atoms with Crippen molar-refractivity contribution in [3.63, 3.8) is 0 Å². The molecule has 0 aromatic heterocycles. The fourth-order valence-electron chi connectivity index (χ4n) is 2.44. The Hall–Kier alpha value is -1.66. The van der Waals surface area contributed by atoms with Gasteiger partial charge in [0.2, 0.25) is 0 Å². The monoisotopic (exact) mass is 409 g/mol. The standard InChI is InChI=1S/C18H20BrNO3S/c1-3-11-24(22,23)17-10-5-4-9-16(17)18(21)20-13(2)14-7-6-8-15(19)12-14/h4-10,12-13H,3,11H2,1-2H3,(H,20,21)/t13-/m1/s1. The number of halogens is 1. The van der Waals surface area contributed by atoms with Gasteiger partial charge >= 0.3 is 0 Å². The molecular formula is C18H20BrNO3S. The molecule has 4 nitrogen and oxygen atoms in total. The van der Waals surface area contributed by atoms with Crippen molar-refractivity contribution in [2.75, 3.05) is 5.75 Å². The van der Waals surface area contributed by atoms with Gasteiger partial charge in [-0.2, -0.15) is 0 Å². The second-order valence-electron chi connectivity index (χ2n) is 5.57. The Morgan fingerprint density at radius 1 is 1.17 bits per heavy atom. The predicted octanol–water partition coefficient (Wildman–Crippen LogP) is 4.12. The van der Waals surface area contributed by atoms with Gasteiger partial charge in [-0.05, 0) is 43.2 Å². The summed E-state index contributed by atoms with van der Waals surface area (Å²) in [5, 5.41) is 2.87. The van der Waals surface area contributed by atoms with E-state index < -0.39 is 15.7 Å². The lowest BCUT2D eigenvalue weighted by Gasteiger charge is -2.16. The maximum absolute atomic E-state index is 12.6. The van der Waals surface area contributed by atoms with E-state index in [-0.39, 0.29) is 22.3 Å². The van der Waals surface area contributed by atoms with Crippen LogP contribution in [0, 0.1) is 0 Å². The van der Waals surface area contributed by atoms with E-state index in [1.165, 1.54) is 6.07 Å². The maximum Gasteiger partial charge on any atom is 0.253 e. The van der Waals surface area contributed by atoms with Crippen molar-refractivity contribution < 1.29 is 13.2 Å². The van der Waals surface area contributed by atoms with Crippen molar-refractivity contribution in [2.45, 2.75) is 31.2 Å². The van der Waals surface area contributed by atoms with Gasteiger partial charge in [0.1, 0.15) is 0 Å². The van der Waals surface area contributed by atoms with Gasteiger partial charge in [0.05, 0.1) is 22.3 Å². The number of nitrogens with one attached hydrogen (secondary N) is 1. The molecule has 0 saturated heterocycles. The van der Waals surface area contributed by atoms with Crippen molar-refractivity contribution in [3.8, 4) is 0 Å². The Morgan fingerprint density at radius 2 is 1.88 bits per heavy atom. The van der Waals surface area contributed by atoms with Gasteiger partial charge in [0.15, 0.2) is 9.84 Å². The van der Waals surface area contributed by atoms with Crippen LogP contribution in [0.1, 0.15) is 42.2 Å². The van der Waals surface area contributed by atoms with Gasteiger partial charge in [0.25, 0.3) is 5.91 Å². The molecule has 0 saturated carbocycles.